The molecule has 1 aromatic heterocycles. The lowest BCUT2D eigenvalue weighted by Gasteiger charge is -2.40. The fourth-order valence-corrected chi connectivity index (χ4v) is 3.59. The van der Waals surface area contributed by atoms with Gasteiger partial charge in [-0.15, -0.1) is 0 Å². The van der Waals surface area contributed by atoms with Gasteiger partial charge in [-0.1, -0.05) is 13.0 Å². The number of aryl methyl sites for hydroxylation is 1. The molecule has 1 aliphatic rings. The molecule has 25 heavy (non-hydrogen) atoms. The number of hydrogen-bond donors (Lipinski definition) is 1. The first-order chi connectivity index (χ1) is 11.8. The number of nitrogens with zero attached hydrogens (tertiary/aromatic N) is 1. The Balaban J connectivity index is 1.97. The van der Waals surface area contributed by atoms with Gasteiger partial charge in [-0.2, -0.15) is 0 Å². The molecule has 0 saturated carbocycles. The van der Waals surface area contributed by atoms with Gasteiger partial charge < -0.3 is 14.4 Å². The number of carboxylic acids is 1. The number of carbonyl (C=O) groups excluding carboxylic acids is 1. The van der Waals surface area contributed by atoms with Gasteiger partial charge in [0.05, 0.1) is 6.04 Å². The minimum Gasteiger partial charge on any atom is -0.478 e. The van der Waals surface area contributed by atoms with E-state index in [0.29, 0.717) is 12.8 Å². The summed E-state index contributed by atoms with van der Waals surface area (Å²) in [6.07, 6.45) is 0.929. The standard InChI is InChI=1S/C19H20FNO4/c1-4-16-15(19(23)24)9-17(25-16)18(22)21-10(2)7-12-8-13(20)5-6-14(12)11(21)3/h5-6,8-11H,4,7H2,1-3H3,(H,23,24). The maximum absolute atomic E-state index is 13.5. The van der Waals surface area contributed by atoms with Gasteiger partial charge in [-0.3, -0.25) is 4.79 Å². The number of amides is 1. The molecule has 0 spiro atoms. The van der Waals surface area contributed by atoms with Crippen molar-refractivity contribution < 1.29 is 23.5 Å². The van der Waals surface area contributed by atoms with Gasteiger partial charge in [-0.05, 0) is 43.5 Å². The molecule has 1 aliphatic heterocycles. The summed E-state index contributed by atoms with van der Waals surface area (Å²) in [6, 6.07) is 5.48. The van der Waals surface area contributed by atoms with Crippen LogP contribution in [0.5, 0.6) is 0 Å². The molecule has 5 nitrogen and oxygen atoms in total. The normalized spacial score (nSPS) is 19.6. The van der Waals surface area contributed by atoms with E-state index in [1.165, 1.54) is 18.2 Å². The number of carboxylic acid groups (broad SMARTS) is 1. The molecule has 2 unspecified atom stereocenters. The van der Waals surface area contributed by atoms with Crippen LogP contribution in [0.2, 0.25) is 0 Å². The molecule has 3 rings (SSSR count). The highest BCUT2D eigenvalue weighted by Gasteiger charge is 2.35. The Labute approximate surface area is 145 Å². The van der Waals surface area contributed by atoms with Gasteiger partial charge in [0.25, 0.3) is 5.91 Å². The molecule has 1 N–H and O–H groups in total. The lowest BCUT2D eigenvalue weighted by molar-refractivity contribution is 0.0545. The van der Waals surface area contributed by atoms with E-state index in [-0.39, 0.29) is 40.9 Å². The second-order valence-electron chi connectivity index (χ2n) is 6.39. The Kier molecular flexibility index (Phi) is 4.37. The molecule has 0 fully saturated rings. The second-order valence-corrected chi connectivity index (χ2v) is 6.39. The summed E-state index contributed by atoms with van der Waals surface area (Å²) >= 11 is 0. The molecule has 1 aromatic carbocycles. The Morgan fingerprint density at radius 2 is 2.04 bits per heavy atom. The number of hydrogen-bond acceptors (Lipinski definition) is 3. The van der Waals surface area contributed by atoms with Crippen molar-refractivity contribution in [3.05, 3.63) is 58.3 Å². The van der Waals surface area contributed by atoms with E-state index in [2.05, 4.69) is 0 Å². The van der Waals surface area contributed by atoms with E-state index in [1.807, 2.05) is 13.8 Å². The van der Waals surface area contributed by atoms with Gasteiger partial charge in [0.15, 0.2) is 5.76 Å². The fraction of sp³-hybridized carbons (Fsp3) is 0.368. The summed E-state index contributed by atoms with van der Waals surface area (Å²) < 4.78 is 19.0. The van der Waals surface area contributed by atoms with Crippen molar-refractivity contribution in [2.24, 2.45) is 0 Å². The Hall–Kier alpha value is -2.63. The first-order valence-electron chi connectivity index (χ1n) is 8.30. The lowest BCUT2D eigenvalue weighted by atomic mass is 9.89. The summed E-state index contributed by atoms with van der Waals surface area (Å²) in [7, 11) is 0. The monoisotopic (exact) mass is 345 g/mol. The van der Waals surface area contributed by atoms with Gasteiger partial charge in [0.2, 0.25) is 0 Å². The van der Waals surface area contributed by atoms with E-state index in [9.17, 15) is 19.1 Å². The van der Waals surface area contributed by atoms with Crippen LogP contribution < -0.4 is 0 Å². The highest BCUT2D eigenvalue weighted by molar-refractivity contribution is 5.96. The van der Waals surface area contributed by atoms with Crippen molar-refractivity contribution in [3.63, 3.8) is 0 Å². The van der Waals surface area contributed by atoms with Gasteiger partial charge in [0.1, 0.15) is 17.1 Å². The smallest absolute Gasteiger partial charge is 0.339 e. The van der Waals surface area contributed by atoms with Crippen molar-refractivity contribution in [2.45, 2.75) is 45.7 Å². The number of aromatic carboxylic acids is 1. The largest absolute Gasteiger partial charge is 0.478 e. The van der Waals surface area contributed by atoms with Crippen LogP contribution in [0.25, 0.3) is 0 Å². The third-order valence-corrected chi connectivity index (χ3v) is 4.77. The van der Waals surface area contributed by atoms with Crippen LogP contribution >= 0.6 is 0 Å². The first-order valence-corrected chi connectivity index (χ1v) is 8.30. The van der Waals surface area contributed by atoms with Crippen molar-refractivity contribution >= 4 is 11.9 Å². The molecule has 2 atom stereocenters. The molecular weight excluding hydrogens is 325 g/mol. The van der Waals surface area contributed by atoms with E-state index in [0.717, 1.165) is 11.1 Å². The minimum absolute atomic E-state index is 0.0191. The van der Waals surface area contributed by atoms with Crippen LogP contribution in [0.15, 0.2) is 28.7 Å². The third-order valence-electron chi connectivity index (χ3n) is 4.77. The maximum Gasteiger partial charge on any atom is 0.339 e. The van der Waals surface area contributed by atoms with Gasteiger partial charge in [-0.25, -0.2) is 9.18 Å². The van der Waals surface area contributed by atoms with Crippen molar-refractivity contribution in [3.8, 4) is 0 Å². The lowest BCUT2D eigenvalue weighted by Crippen LogP contribution is -2.44. The highest BCUT2D eigenvalue weighted by atomic mass is 19.1. The number of halogens is 1. The van der Waals surface area contributed by atoms with Crippen LogP contribution in [-0.4, -0.2) is 27.9 Å². The SMILES string of the molecule is CCc1oc(C(=O)N2C(C)Cc3cc(F)ccc3C2C)cc1C(=O)O. The van der Waals surface area contributed by atoms with E-state index in [4.69, 9.17) is 4.42 Å². The number of furan rings is 1. The number of carbonyl (C=O) groups is 2. The number of rotatable bonds is 3. The summed E-state index contributed by atoms with van der Waals surface area (Å²) in [5.41, 5.74) is 1.81. The maximum atomic E-state index is 13.5. The molecule has 132 valence electrons. The molecule has 2 heterocycles. The molecular formula is C19H20FNO4. The van der Waals surface area contributed by atoms with Crippen molar-refractivity contribution in [1.29, 1.82) is 0 Å². The zero-order chi connectivity index (χ0) is 18.3. The van der Waals surface area contributed by atoms with Gasteiger partial charge in [0, 0.05) is 18.5 Å². The average Bonchev–Trinajstić information content (AvgIpc) is 2.99. The van der Waals surface area contributed by atoms with Crippen LogP contribution in [0, 0.1) is 5.82 Å². The summed E-state index contributed by atoms with van der Waals surface area (Å²) in [4.78, 5) is 25.9. The van der Waals surface area contributed by atoms with E-state index >= 15 is 0 Å². The summed E-state index contributed by atoms with van der Waals surface area (Å²) in [6.45, 7) is 5.55. The Morgan fingerprint density at radius 1 is 1.32 bits per heavy atom. The fourth-order valence-electron chi connectivity index (χ4n) is 3.59. The quantitative estimate of drug-likeness (QED) is 0.918. The van der Waals surface area contributed by atoms with Crippen LogP contribution in [0.1, 0.15) is 64.6 Å². The predicted octanol–water partition coefficient (Wildman–Crippen LogP) is 3.83. The molecule has 1 amide bonds. The minimum atomic E-state index is -1.11. The average molecular weight is 345 g/mol. The van der Waals surface area contributed by atoms with Crippen molar-refractivity contribution in [2.75, 3.05) is 0 Å². The molecule has 0 saturated heterocycles. The van der Waals surface area contributed by atoms with Gasteiger partial charge >= 0.3 is 5.97 Å². The topological polar surface area (TPSA) is 70.8 Å². The predicted molar refractivity (Wildman–Crippen MR) is 89.2 cm³/mol. The third kappa shape index (κ3) is 2.92. The summed E-state index contributed by atoms with van der Waals surface area (Å²) in [5.74, 6) is -1.44. The first kappa shape index (κ1) is 17.2. The van der Waals surface area contributed by atoms with E-state index < -0.39 is 5.97 Å². The zero-order valence-electron chi connectivity index (χ0n) is 14.4. The zero-order valence-corrected chi connectivity index (χ0v) is 14.4. The number of fused-ring (bicyclic) bond motifs is 1. The molecule has 0 aliphatic carbocycles. The molecule has 0 bridgehead atoms. The Bertz CT molecular complexity index is 842. The Morgan fingerprint density at radius 3 is 2.64 bits per heavy atom. The second kappa shape index (κ2) is 6.35. The summed E-state index contributed by atoms with van der Waals surface area (Å²) in [5, 5.41) is 9.24. The highest BCUT2D eigenvalue weighted by Crippen LogP contribution is 2.34. The molecule has 0 radical (unpaired) electrons. The van der Waals surface area contributed by atoms with Crippen LogP contribution in [-0.2, 0) is 12.8 Å². The van der Waals surface area contributed by atoms with Crippen molar-refractivity contribution in [1.82, 2.24) is 4.90 Å². The molecule has 2 aromatic rings. The van der Waals surface area contributed by atoms with E-state index in [1.54, 1.807) is 17.9 Å². The van der Waals surface area contributed by atoms with Crippen LogP contribution in [0.3, 0.4) is 0 Å². The molecule has 6 heteroatoms. The van der Waals surface area contributed by atoms with Crippen LogP contribution in [0.4, 0.5) is 4.39 Å². The number of benzene rings is 1.